The fourth-order valence-electron chi connectivity index (χ4n) is 3.03. The van der Waals surface area contributed by atoms with Crippen molar-refractivity contribution in [3.8, 4) is 11.3 Å². The number of pyridine rings is 1. The lowest BCUT2D eigenvalue weighted by atomic mass is 10.00. The SMILES string of the molecule is Cc1nonc1CN1CC(Cn2nc(-c3ccncc3)ccc2=O)C1. The average molecular weight is 338 g/mol. The van der Waals surface area contributed by atoms with Gasteiger partial charge in [0.2, 0.25) is 0 Å². The second kappa shape index (κ2) is 6.56. The van der Waals surface area contributed by atoms with Crippen LogP contribution in [-0.2, 0) is 13.1 Å². The zero-order valence-electron chi connectivity index (χ0n) is 13.9. The first-order chi connectivity index (χ1) is 12.2. The Hall–Kier alpha value is -2.87. The summed E-state index contributed by atoms with van der Waals surface area (Å²) in [5.41, 5.74) is 3.35. The van der Waals surface area contributed by atoms with E-state index in [4.69, 9.17) is 4.63 Å². The predicted octanol–water partition coefficient (Wildman–Crippen LogP) is 1.13. The molecule has 8 nitrogen and oxygen atoms in total. The number of aryl methyl sites for hydroxylation is 1. The molecule has 0 unspecified atom stereocenters. The van der Waals surface area contributed by atoms with Gasteiger partial charge in [0.15, 0.2) is 0 Å². The fraction of sp³-hybridized carbons (Fsp3) is 0.353. The summed E-state index contributed by atoms with van der Waals surface area (Å²) in [6.45, 7) is 5.03. The summed E-state index contributed by atoms with van der Waals surface area (Å²) in [6.07, 6.45) is 3.44. The van der Waals surface area contributed by atoms with E-state index in [0.29, 0.717) is 12.5 Å². The molecule has 4 rings (SSSR count). The van der Waals surface area contributed by atoms with Crippen LogP contribution in [0.3, 0.4) is 0 Å². The maximum absolute atomic E-state index is 12.1. The van der Waals surface area contributed by atoms with Crippen molar-refractivity contribution in [3.63, 3.8) is 0 Å². The first-order valence-electron chi connectivity index (χ1n) is 8.18. The molecule has 0 radical (unpaired) electrons. The predicted molar refractivity (Wildman–Crippen MR) is 89.5 cm³/mol. The molecule has 1 aliphatic heterocycles. The lowest BCUT2D eigenvalue weighted by Crippen LogP contribution is -2.49. The zero-order chi connectivity index (χ0) is 17.2. The Labute approximate surface area is 144 Å². The Kier molecular flexibility index (Phi) is 4.10. The third kappa shape index (κ3) is 3.34. The molecule has 1 saturated heterocycles. The summed E-state index contributed by atoms with van der Waals surface area (Å²) in [4.78, 5) is 18.4. The van der Waals surface area contributed by atoms with E-state index in [1.165, 1.54) is 0 Å². The number of rotatable bonds is 5. The van der Waals surface area contributed by atoms with Crippen LogP contribution in [0, 0.1) is 12.8 Å². The van der Waals surface area contributed by atoms with Crippen LogP contribution in [0.15, 0.2) is 46.1 Å². The van der Waals surface area contributed by atoms with Crippen molar-refractivity contribution in [2.75, 3.05) is 13.1 Å². The molecule has 0 amide bonds. The third-order valence-corrected chi connectivity index (χ3v) is 4.43. The molecule has 25 heavy (non-hydrogen) atoms. The first kappa shape index (κ1) is 15.6. The molecule has 0 atom stereocenters. The van der Waals surface area contributed by atoms with Crippen LogP contribution in [0.25, 0.3) is 11.3 Å². The molecule has 3 aromatic heterocycles. The van der Waals surface area contributed by atoms with Crippen molar-refractivity contribution < 1.29 is 4.63 Å². The van der Waals surface area contributed by atoms with Gasteiger partial charge in [0, 0.05) is 49.6 Å². The van der Waals surface area contributed by atoms with E-state index in [0.717, 1.165) is 42.3 Å². The third-order valence-electron chi connectivity index (χ3n) is 4.43. The molecule has 4 heterocycles. The first-order valence-corrected chi connectivity index (χ1v) is 8.18. The zero-order valence-corrected chi connectivity index (χ0v) is 13.9. The summed E-state index contributed by atoms with van der Waals surface area (Å²) in [7, 11) is 0. The van der Waals surface area contributed by atoms with Crippen molar-refractivity contribution in [1.29, 1.82) is 0 Å². The van der Waals surface area contributed by atoms with Crippen molar-refractivity contribution in [2.45, 2.75) is 20.0 Å². The van der Waals surface area contributed by atoms with E-state index >= 15 is 0 Å². The van der Waals surface area contributed by atoms with Gasteiger partial charge in [-0.3, -0.25) is 14.7 Å². The lowest BCUT2D eigenvalue weighted by Gasteiger charge is -2.38. The minimum absolute atomic E-state index is 0.0761. The number of hydrogen-bond acceptors (Lipinski definition) is 7. The summed E-state index contributed by atoms with van der Waals surface area (Å²) in [5.74, 6) is 0.401. The van der Waals surface area contributed by atoms with Gasteiger partial charge >= 0.3 is 0 Å². The topological polar surface area (TPSA) is 89.9 Å². The highest BCUT2D eigenvalue weighted by atomic mass is 16.6. The Balaban J connectivity index is 1.40. The normalized spacial score (nSPS) is 15.2. The van der Waals surface area contributed by atoms with Gasteiger partial charge in [0.05, 0.1) is 12.2 Å². The average Bonchev–Trinajstić information content (AvgIpc) is 3.00. The minimum atomic E-state index is -0.0761. The van der Waals surface area contributed by atoms with Crippen molar-refractivity contribution in [2.24, 2.45) is 5.92 Å². The van der Waals surface area contributed by atoms with Gasteiger partial charge in [-0.15, -0.1) is 0 Å². The Morgan fingerprint density at radius 3 is 2.68 bits per heavy atom. The van der Waals surface area contributed by atoms with Crippen LogP contribution < -0.4 is 5.56 Å². The second-order valence-electron chi connectivity index (χ2n) is 6.33. The molecular weight excluding hydrogens is 320 g/mol. The molecule has 128 valence electrons. The van der Waals surface area contributed by atoms with Crippen LogP contribution in [0.2, 0.25) is 0 Å². The van der Waals surface area contributed by atoms with Gasteiger partial charge in [-0.05, 0) is 25.1 Å². The molecule has 0 spiro atoms. The fourth-order valence-corrected chi connectivity index (χ4v) is 3.03. The quantitative estimate of drug-likeness (QED) is 0.689. The summed E-state index contributed by atoms with van der Waals surface area (Å²) in [5, 5.41) is 12.2. The van der Waals surface area contributed by atoms with E-state index < -0.39 is 0 Å². The van der Waals surface area contributed by atoms with Crippen LogP contribution in [-0.4, -0.2) is 43.1 Å². The van der Waals surface area contributed by atoms with Gasteiger partial charge in [-0.25, -0.2) is 9.31 Å². The van der Waals surface area contributed by atoms with Gasteiger partial charge in [-0.1, -0.05) is 10.3 Å². The van der Waals surface area contributed by atoms with E-state index in [9.17, 15) is 4.79 Å². The standard InChI is InChI=1S/C17H18N6O2/c1-12-16(21-25-20-12)11-22-8-13(9-22)10-23-17(24)3-2-15(19-23)14-4-6-18-7-5-14/h2-7,13H,8-11H2,1H3. The molecule has 3 aromatic rings. The summed E-state index contributed by atoms with van der Waals surface area (Å²) in [6, 6.07) is 7.10. The molecule has 0 N–H and O–H groups in total. The number of nitrogens with zero attached hydrogens (tertiary/aromatic N) is 6. The van der Waals surface area contributed by atoms with Gasteiger partial charge in [0.25, 0.3) is 5.56 Å². The molecular formula is C17H18N6O2. The van der Waals surface area contributed by atoms with Crippen molar-refractivity contribution in [1.82, 2.24) is 30.0 Å². The Morgan fingerprint density at radius 2 is 1.96 bits per heavy atom. The summed E-state index contributed by atoms with van der Waals surface area (Å²) < 4.78 is 6.28. The van der Waals surface area contributed by atoms with E-state index in [2.05, 4.69) is 25.3 Å². The van der Waals surface area contributed by atoms with Crippen molar-refractivity contribution in [3.05, 3.63) is 58.4 Å². The number of hydrogen-bond donors (Lipinski definition) is 0. The maximum atomic E-state index is 12.1. The Morgan fingerprint density at radius 1 is 1.16 bits per heavy atom. The molecule has 0 bridgehead atoms. The molecule has 1 fully saturated rings. The van der Waals surface area contributed by atoms with E-state index in [1.807, 2.05) is 19.1 Å². The molecule has 0 aliphatic carbocycles. The molecule has 1 aliphatic rings. The van der Waals surface area contributed by atoms with Crippen LogP contribution in [0.1, 0.15) is 11.4 Å². The highest BCUT2D eigenvalue weighted by Crippen LogP contribution is 2.20. The van der Waals surface area contributed by atoms with E-state index in [-0.39, 0.29) is 5.56 Å². The number of aromatic nitrogens is 5. The highest BCUT2D eigenvalue weighted by molar-refractivity contribution is 5.56. The smallest absolute Gasteiger partial charge is 0.266 e. The second-order valence-corrected chi connectivity index (χ2v) is 6.33. The molecule has 0 aromatic carbocycles. The Bertz CT molecular complexity index is 914. The van der Waals surface area contributed by atoms with Crippen LogP contribution in [0.5, 0.6) is 0 Å². The van der Waals surface area contributed by atoms with Crippen LogP contribution in [0.4, 0.5) is 0 Å². The summed E-state index contributed by atoms with van der Waals surface area (Å²) >= 11 is 0. The minimum Gasteiger partial charge on any atom is -0.297 e. The monoisotopic (exact) mass is 338 g/mol. The van der Waals surface area contributed by atoms with Gasteiger partial charge in [-0.2, -0.15) is 5.10 Å². The van der Waals surface area contributed by atoms with Gasteiger partial charge < -0.3 is 0 Å². The number of likely N-dealkylation sites (tertiary alicyclic amines) is 1. The maximum Gasteiger partial charge on any atom is 0.266 e. The van der Waals surface area contributed by atoms with E-state index in [1.54, 1.807) is 29.2 Å². The molecule has 0 saturated carbocycles. The van der Waals surface area contributed by atoms with Crippen LogP contribution >= 0.6 is 0 Å². The van der Waals surface area contributed by atoms with Crippen molar-refractivity contribution >= 4 is 0 Å². The van der Waals surface area contributed by atoms with Gasteiger partial charge in [0.1, 0.15) is 11.4 Å². The highest BCUT2D eigenvalue weighted by Gasteiger charge is 2.28. The lowest BCUT2D eigenvalue weighted by molar-refractivity contribution is 0.0741. The molecule has 8 heteroatoms. The largest absolute Gasteiger partial charge is 0.297 e.